The Kier molecular flexibility index (Phi) is 4.36. The normalized spacial score (nSPS) is 19.5. The Labute approximate surface area is 180 Å². The number of hydrogen-bond acceptors (Lipinski definition) is 6. The average molecular weight is 416 g/mol. The summed E-state index contributed by atoms with van der Waals surface area (Å²) in [7, 11) is 1.63. The third kappa shape index (κ3) is 3.36. The van der Waals surface area contributed by atoms with E-state index in [9.17, 15) is 9.90 Å². The molecule has 1 aliphatic heterocycles. The molecule has 0 amide bonds. The van der Waals surface area contributed by atoms with Gasteiger partial charge in [-0.1, -0.05) is 26.0 Å². The Morgan fingerprint density at radius 3 is 2.68 bits per heavy atom. The summed E-state index contributed by atoms with van der Waals surface area (Å²) in [4.78, 5) is 18.0. The molecule has 31 heavy (non-hydrogen) atoms. The van der Waals surface area contributed by atoms with Gasteiger partial charge in [-0.05, 0) is 53.8 Å². The van der Waals surface area contributed by atoms with Crippen molar-refractivity contribution in [1.82, 2.24) is 14.8 Å². The molecule has 0 radical (unpaired) electrons. The number of phenolic OH excluding ortho intramolecular Hbond substituents is 1. The molecule has 1 aliphatic carbocycles. The second kappa shape index (κ2) is 6.97. The summed E-state index contributed by atoms with van der Waals surface area (Å²) in [6.07, 6.45) is 1.25. The zero-order valence-electron chi connectivity index (χ0n) is 17.7. The minimum absolute atomic E-state index is 0.121. The van der Waals surface area contributed by atoms with Crippen LogP contribution in [0.15, 0.2) is 59.8 Å². The summed E-state index contributed by atoms with van der Waals surface area (Å²) in [6.45, 7) is 4.22. The van der Waals surface area contributed by atoms with E-state index in [-0.39, 0.29) is 23.0 Å². The van der Waals surface area contributed by atoms with E-state index in [0.717, 1.165) is 34.6 Å². The van der Waals surface area contributed by atoms with E-state index >= 15 is 0 Å². The molecule has 0 bridgehead atoms. The average Bonchev–Trinajstić information content (AvgIpc) is 3.15. The van der Waals surface area contributed by atoms with Crippen LogP contribution in [0.4, 0.5) is 5.95 Å². The van der Waals surface area contributed by atoms with Crippen LogP contribution in [-0.2, 0) is 4.79 Å². The molecule has 1 atom stereocenters. The van der Waals surface area contributed by atoms with E-state index < -0.39 is 0 Å². The molecule has 3 aromatic rings. The minimum Gasteiger partial charge on any atom is -0.508 e. The van der Waals surface area contributed by atoms with Crippen molar-refractivity contribution in [3.63, 3.8) is 0 Å². The van der Waals surface area contributed by atoms with E-state index in [1.54, 1.807) is 36.1 Å². The number of methoxy groups -OCH3 is 1. The first-order chi connectivity index (χ1) is 14.8. The largest absolute Gasteiger partial charge is 0.508 e. The lowest BCUT2D eigenvalue weighted by Crippen LogP contribution is -2.36. The van der Waals surface area contributed by atoms with Crippen molar-refractivity contribution in [1.29, 1.82) is 0 Å². The van der Waals surface area contributed by atoms with E-state index in [1.807, 2.05) is 24.3 Å². The van der Waals surface area contributed by atoms with Crippen LogP contribution >= 0.6 is 0 Å². The molecule has 0 saturated heterocycles. The summed E-state index contributed by atoms with van der Waals surface area (Å²) < 4.78 is 7.21. The molecule has 0 saturated carbocycles. The van der Waals surface area contributed by atoms with E-state index in [2.05, 4.69) is 19.2 Å². The highest BCUT2D eigenvalue weighted by atomic mass is 16.5. The molecule has 0 spiro atoms. The number of phenols is 1. The first kappa shape index (κ1) is 19.4. The van der Waals surface area contributed by atoms with Gasteiger partial charge in [-0.25, -0.2) is 4.68 Å². The van der Waals surface area contributed by atoms with Crippen LogP contribution in [0.5, 0.6) is 11.5 Å². The van der Waals surface area contributed by atoms with Gasteiger partial charge in [0.05, 0.1) is 7.11 Å². The number of ketones is 1. The van der Waals surface area contributed by atoms with Gasteiger partial charge in [0.1, 0.15) is 17.5 Å². The summed E-state index contributed by atoms with van der Waals surface area (Å²) in [5, 5.41) is 17.8. The van der Waals surface area contributed by atoms with Crippen molar-refractivity contribution in [2.75, 3.05) is 12.4 Å². The molecule has 7 heteroatoms. The van der Waals surface area contributed by atoms with Gasteiger partial charge in [-0.3, -0.25) is 4.79 Å². The number of ether oxygens (including phenoxy) is 1. The smallest absolute Gasteiger partial charge is 0.226 e. The SMILES string of the molecule is COc1cccc(C2C3=C(CC(C)(C)CC3=O)Nc3nc(-c4ccc(O)cc4)nn32)c1. The van der Waals surface area contributed by atoms with Gasteiger partial charge in [-0.2, -0.15) is 4.98 Å². The van der Waals surface area contributed by atoms with Gasteiger partial charge in [0, 0.05) is 23.3 Å². The van der Waals surface area contributed by atoms with Crippen molar-refractivity contribution < 1.29 is 14.6 Å². The molecular weight excluding hydrogens is 392 g/mol. The van der Waals surface area contributed by atoms with Gasteiger partial charge >= 0.3 is 0 Å². The summed E-state index contributed by atoms with van der Waals surface area (Å²) in [5.41, 5.74) is 3.23. The van der Waals surface area contributed by atoms with Crippen LogP contribution in [0.2, 0.25) is 0 Å². The second-order valence-corrected chi connectivity index (χ2v) is 8.89. The van der Waals surface area contributed by atoms with Crippen LogP contribution in [0.25, 0.3) is 11.4 Å². The molecule has 158 valence electrons. The first-order valence-electron chi connectivity index (χ1n) is 10.3. The van der Waals surface area contributed by atoms with Crippen LogP contribution in [0, 0.1) is 5.41 Å². The Balaban J connectivity index is 1.68. The molecule has 2 heterocycles. The number of fused-ring (bicyclic) bond motifs is 1. The molecule has 0 fully saturated rings. The van der Waals surface area contributed by atoms with Crippen LogP contribution in [0.3, 0.4) is 0 Å². The number of nitrogens with one attached hydrogen (secondary N) is 1. The van der Waals surface area contributed by atoms with Crippen LogP contribution in [-0.4, -0.2) is 32.8 Å². The lowest BCUT2D eigenvalue weighted by molar-refractivity contribution is -0.118. The van der Waals surface area contributed by atoms with E-state index in [1.165, 1.54) is 0 Å². The maximum atomic E-state index is 13.3. The second-order valence-electron chi connectivity index (χ2n) is 8.89. The molecule has 2 aromatic carbocycles. The number of aromatic hydroxyl groups is 1. The lowest BCUT2D eigenvalue weighted by atomic mass is 9.73. The van der Waals surface area contributed by atoms with Crippen LogP contribution in [0.1, 0.15) is 38.3 Å². The highest BCUT2D eigenvalue weighted by molar-refractivity contribution is 6.00. The third-order valence-corrected chi connectivity index (χ3v) is 5.87. The van der Waals surface area contributed by atoms with E-state index in [0.29, 0.717) is 18.2 Å². The van der Waals surface area contributed by atoms with Gasteiger partial charge in [-0.15, -0.1) is 5.10 Å². The van der Waals surface area contributed by atoms with Crippen LogP contribution < -0.4 is 10.1 Å². The Morgan fingerprint density at radius 1 is 1.16 bits per heavy atom. The monoisotopic (exact) mass is 416 g/mol. The summed E-state index contributed by atoms with van der Waals surface area (Å²) in [6, 6.07) is 14.1. The number of carbonyl (C=O) groups excluding carboxylic acids is 1. The molecule has 2 aliphatic rings. The third-order valence-electron chi connectivity index (χ3n) is 5.87. The van der Waals surface area contributed by atoms with Crippen molar-refractivity contribution in [2.24, 2.45) is 5.41 Å². The Hall–Kier alpha value is -3.61. The van der Waals surface area contributed by atoms with E-state index in [4.69, 9.17) is 14.8 Å². The quantitative estimate of drug-likeness (QED) is 0.661. The van der Waals surface area contributed by atoms with Gasteiger partial charge in [0.2, 0.25) is 5.95 Å². The van der Waals surface area contributed by atoms with Crippen molar-refractivity contribution in [2.45, 2.75) is 32.7 Å². The fraction of sp³-hybridized carbons (Fsp3) is 0.292. The molecule has 7 nitrogen and oxygen atoms in total. The number of hydrogen-bond donors (Lipinski definition) is 2. The predicted molar refractivity (Wildman–Crippen MR) is 117 cm³/mol. The Bertz CT molecular complexity index is 1210. The summed E-state index contributed by atoms with van der Waals surface area (Å²) >= 11 is 0. The highest BCUT2D eigenvalue weighted by Crippen LogP contribution is 2.46. The maximum Gasteiger partial charge on any atom is 0.226 e. The maximum absolute atomic E-state index is 13.3. The number of anilines is 1. The first-order valence-corrected chi connectivity index (χ1v) is 10.3. The standard InChI is InChI=1S/C24H24N4O3/c1-24(2)12-18-20(19(30)13-24)21(15-5-4-6-17(11-15)31-3)28-23(25-18)26-22(27-28)14-7-9-16(29)10-8-14/h4-11,21,29H,12-13H2,1-3H3,(H,25,26,27). The topological polar surface area (TPSA) is 89.3 Å². The zero-order chi connectivity index (χ0) is 21.8. The van der Waals surface area contributed by atoms with Crippen molar-refractivity contribution in [3.05, 3.63) is 65.4 Å². The predicted octanol–water partition coefficient (Wildman–Crippen LogP) is 4.32. The molecule has 1 aromatic heterocycles. The molecule has 5 rings (SSSR count). The molecule has 2 N–H and O–H groups in total. The summed E-state index contributed by atoms with van der Waals surface area (Å²) in [5.74, 6) is 2.16. The zero-order valence-corrected chi connectivity index (χ0v) is 17.7. The van der Waals surface area contributed by atoms with Crippen molar-refractivity contribution in [3.8, 4) is 22.9 Å². The number of carbonyl (C=O) groups is 1. The number of Topliss-reactive ketones (excluding diaryl/α,β-unsaturated/α-hetero) is 1. The molecular formula is C24H24N4O3. The fourth-order valence-electron chi connectivity index (χ4n) is 4.46. The van der Waals surface area contributed by atoms with Crippen molar-refractivity contribution >= 4 is 11.7 Å². The van der Waals surface area contributed by atoms with Gasteiger partial charge in [0.25, 0.3) is 0 Å². The van der Waals surface area contributed by atoms with Gasteiger partial charge < -0.3 is 15.2 Å². The lowest BCUT2D eigenvalue weighted by Gasteiger charge is -2.38. The van der Waals surface area contributed by atoms with Gasteiger partial charge in [0.15, 0.2) is 11.6 Å². The fourth-order valence-corrected chi connectivity index (χ4v) is 4.46. The number of aromatic nitrogens is 3. The molecule has 1 unspecified atom stereocenters. The number of benzene rings is 2. The minimum atomic E-state index is -0.386. The Morgan fingerprint density at radius 2 is 1.94 bits per heavy atom. The highest BCUT2D eigenvalue weighted by Gasteiger charge is 2.42. The number of nitrogens with zero attached hydrogens (tertiary/aromatic N) is 3. The number of allylic oxidation sites excluding steroid dienone is 2. The number of rotatable bonds is 3.